The second-order valence-electron chi connectivity index (χ2n) is 6.16. The third kappa shape index (κ3) is 6.90. The summed E-state index contributed by atoms with van der Waals surface area (Å²) in [5.74, 6) is 0.314. The van der Waals surface area contributed by atoms with E-state index >= 15 is 0 Å². The first-order valence-electron chi connectivity index (χ1n) is 8.61. The third-order valence-electron chi connectivity index (χ3n) is 3.76. The second kappa shape index (κ2) is 9.36. The lowest BCUT2D eigenvalue weighted by Crippen LogP contribution is -2.37. The highest BCUT2D eigenvalue weighted by Crippen LogP contribution is 2.16. The predicted molar refractivity (Wildman–Crippen MR) is 108 cm³/mol. The predicted octanol–water partition coefficient (Wildman–Crippen LogP) is 2.76. The zero-order valence-corrected chi connectivity index (χ0v) is 16.5. The number of anilines is 1. The van der Waals surface area contributed by atoms with Crippen molar-refractivity contribution in [3.63, 3.8) is 0 Å². The van der Waals surface area contributed by atoms with Gasteiger partial charge in [0.05, 0.1) is 18.5 Å². The highest BCUT2D eigenvalue weighted by molar-refractivity contribution is 7.92. The molecule has 0 saturated carbocycles. The minimum absolute atomic E-state index is 0.249. The Hall–Kier alpha value is -2.61. The molecule has 0 unspecified atom stereocenters. The molecule has 0 amide bonds. The van der Waals surface area contributed by atoms with Gasteiger partial charge in [-0.25, -0.2) is 17.8 Å². The Morgan fingerprint density at radius 3 is 2.56 bits per heavy atom. The van der Waals surface area contributed by atoms with Crippen molar-refractivity contribution in [3.05, 3.63) is 65.0 Å². The summed E-state index contributed by atoms with van der Waals surface area (Å²) in [5.41, 5.74) is 2.68. The zero-order chi connectivity index (χ0) is 19.9. The van der Waals surface area contributed by atoms with Crippen molar-refractivity contribution in [2.75, 3.05) is 17.5 Å². The first kappa shape index (κ1) is 20.7. The number of nitrogens with zero attached hydrogens (tertiary/aromatic N) is 1. The number of nitrogens with one attached hydrogen (secondary N) is 3. The van der Waals surface area contributed by atoms with E-state index in [2.05, 4.69) is 20.3 Å². The van der Waals surface area contributed by atoms with Crippen LogP contribution in [0.4, 0.5) is 10.1 Å². The molecule has 3 N–H and O–H groups in total. The lowest BCUT2D eigenvalue weighted by Gasteiger charge is -2.14. The number of halogens is 1. The van der Waals surface area contributed by atoms with Crippen molar-refractivity contribution in [2.45, 2.75) is 26.9 Å². The highest BCUT2D eigenvalue weighted by Gasteiger charge is 2.08. The molecule has 0 fully saturated rings. The van der Waals surface area contributed by atoms with Crippen LogP contribution in [0.5, 0.6) is 0 Å². The number of guanidine groups is 1. The van der Waals surface area contributed by atoms with Crippen LogP contribution in [0.3, 0.4) is 0 Å². The molecule has 0 heterocycles. The number of rotatable bonds is 7. The van der Waals surface area contributed by atoms with Gasteiger partial charge in [0.2, 0.25) is 10.0 Å². The minimum atomic E-state index is -3.36. The Bertz CT molecular complexity index is 914. The highest BCUT2D eigenvalue weighted by atomic mass is 32.2. The lowest BCUT2D eigenvalue weighted by molar-refractivity contribution is 0.606. The number of hydrogen-bond donors (Lipinski definition) is 3. The molecule has 2 aromatic carbocycles. The van der Waals surface area contributed by atoms with Gasteiger partial charge in [0.15, 0.2) is 5.96 Å². The average Bonchev–Trinajstić information content (AvgIpc) is 2.60. The lowest BCUT2D eigenvalue weighted by atomic mass is 10.1. The summed E-state index contributed by atoms with van der Waals surface area (Å²) in [7, 11) is -3.36. The summed E-state index contributed by atoms with van der Waals surface area (Å²) in [6.07, 6.45) is 1.11. The molecule has 0 radical (unpaired) electrons. The van der Waals surface area contributed by atoms with Gasteiger partial charge in [-0.15, -0.1) is 0 Å². The van der Waals surface area contributed by atoms with E-state index in [4.69, 9.17) is 0 Å². The fraction of sp³-hybridized carbons (Fsp3) is 0.316. The van der Waals surface area contributed by atoms with Gasteiger partial charge in [0.1, 0.15) is 5.82 Å². The van der Waals surface area contributed by atoms with Crippen LogP contribution in [0, 0.1) is 12.7 Å². The molecule has 2 rings (SSSR count). The molecular weight excluding hydrogens is 367 g/mol. The molecule has 0 atom stereocenters. The number of benzene rings is 2. The van der Waals surface area contributed by atoms with Crippen molar-refractivity contribution in [2.24, 2.45) is 4.99 Å². The van der Waals surface area contributed by atoms with Crippen LogP contribution in [-0.4, -0.2) is 27.2 Å². The number of aryl methyl sites for hydroxylation is 1. The van der Waals surface area contributed by atoms with E-state index in [1.165, 1.54) is 6.07 Å². The first-order chi connectivity index (χ1) is 12.8. The van der Waals surface area contributed by atoms with Gasteiger partial charge in [-0.3, -0.25) is 4.72 Å². The van der Waals surface area contributed by atoms with Gasteiger partial charge in [-0.2, -0.15) is 0 Å². The Labute approximate surface area is 160 Å². The van der Waals surface area contributed by atoms with E-state index in [1.54, 1.807) is 25.1 Å². The monoisotopic (exact) mass is 392 g/mol. The fourth-order valence-electron chi connectivity index (χ4n) is 2.40. The van der Waals surface area contributed by atoms with Crippen LogP contribution < -0.4 is 15.4 Å². The van der Waals surface area contributed by atoms with Crippen molar-refractivity contribution in [3.8, 4) is 0 Å². The number of sulfonamides is 1. The number of hydrogen-bond acceptors (Lipinski definition) is 3. The van der Waals surface area contributed by atoms with Crippen molar-refractivity contribution >= 4 is 21.7 Å². The molecule has 2 aromatic rings. The second-order valence-corrected chi connectivity index (χ2v) is 7.91. The van der Waals surface area contributed by atoms with E-state index in [1.807, 2.05) is 25.1 Å². The van der Waals surface area contributed by atoms with Crippen molar-refractivity contribution < 1.29 is 12.8 Å². The topological polar surface area (TPSA) is 82.6 Å². The molecule has 0 bridgehead atoms. The smallest absolute Gasteiger partial charge is 0.229 e. The molecule has 0 aliphatic heterocycles. The van der Waals surface area contributed by atoms with Crippen molar-refractivity contribution in [1.82, 2.24) is 10.6 Å². The van der Waals surface area contributed by atoms with Crippen LogP contribution in [-0.2, 0) is 23.1 Å². The molecular formula is C19H25FN4O2S. The Morgan fingerprint density at radius 2 is 1.89 bits per heavy atom. The molecule has 146 valence electrons. The Kier molecular flexibility index (Phi) is 7.18. The van der Waals surface area contributed by atoms with Gasteiger partial charge >= 0.3 is 0 Å². The van der Waals surface area contributed by atoms with Gasteiger partial charge < -0.3 is 10.6 Å². The minimum Gasteiger partial charge on any atom is -0.357 e. The summed E-state index contributed by atoms with van der Waals surface area (Å²) in [4.78, 5) is 4.46. The van der Waals surface area contributed by atoms with E-state index in [9.17, 15) is 12.8 Å². The molecule has 0 spiro atoms. The summed E-state index contributed by atoms with van der Waals surface area (Å²) in [6.45, 7) is 5.04. The molecule has 8 heteroatoms. The molecule has 6 nitrogen and oxygen atoms in total. The summed E-state index contributed by atoms with van der Waals surface area (Å²) >= 11 is 0. The molecule has 0 aliphatic rings. The summed E-state index contributed by atoms with van der Waals surface area (Å²) in [6, 6.07) is 12.2. The van der Waals surface area contributed by atoms with Crippen LogP contribution in [0.2, 0.25) is 0 Å². The van der Waals surface area contributed by atoms with E-state index in [0.717, 1.165) is 17.4 Å². The standard InChI is InChI=1S/C19H25FN4O2S/c1-4-21-19(22-12-15-10-9-14(2)17(20)11-15)23-13-16-7-5-6-8-18(16)24-27(3,25)26/h5-11,24H,4,12-13H2,1-3H3,(H2,21,22,23). The van der Waals surface area contributed by atoms with Crippen molar-refractivity contribution in [1.29, 1.82) is 0 Å². The van der Waals surface area contributed by atoms with E-state index in [-0.39, 0.29) is 5.82 Å². The quantitative estimate of drug-likeness (QED) is 0.500. The number of aliphatic imine (C=N–C) groups is 1. The van der Waals surface area contributed by atoms with Gasteiger partial charge in [-0.05, 0) is 42.7 Å². The maximum Gasteiger partial charge on any atom is 0.229 e. The number of para-hydroxylation sites is 1. The van der Waals surface area contributed by atoms with Gasteiger partial charge in [0, 0.05) is 13.1 Å². The zero-order valence-electron chi connectivity index (χ0n) is 15.7. The Morgan fingerprint density at radius 1 is 1.15 bits per heavy atom. The van der Waals surface area contributed by atoms with E-state index in [0.29, 0.717) is 36.8 Å². The van der Waals surface area contributed by atoms with Gasteiger partial charge in [-0.1, -0.05) is 30.3 Å². The van der Waals surface area contributed by atoms with Crippen LogP contribution in [0.25, 0.3) is 0 Å². The van der Waals surface area contributed by atoms with Crippen LogP contribution in [0.1, 0.15) is 23.6 Å². The Balaban J connectivity index is 2.09. The fourth-order valence-corrected chi connectivity index (χ4v) is 3.00. The summed E-state index contributed by atoms with van der Waals surface area (Å²) < 4.78 is 39.2. The largest absolute Gasteiger partial charge is 0.357 e. The van der Waals surface area contributed by atoms with Gasteiger partial charge in [0.25, 0.3) is 0 Å². The van der Waals surface area contributed by atoms with Crippen LogP contribution in [0.15, 0.2) is 47.5 Å². The average molecular weight is 393 g/mol. The van der Waals surface area contributed by atoms with Crippen LogP contribution >= 0.6 is 0 Å². The van der Waals surface area contributed by atoms with E-state index < -0.39 is 10.0 Å². The molecule has 0 saturated heterocycles. The summed E-state index contributed by atoms with van der Waals surface area (Å²) in [5, 5.41) is 6.29. The first-order valence-corrected chi connectivity index (χ1v) is 10.5. The normalized spacial score (nSPS) is 11.9. The molecule has 27 heavy (non-hydrogen) atoms. The SMILES string of the molecule is CCNC(=NCc1ccc(C)c(F)c1)NCc1ccccc1NS(C)(=O)=O. The molecule has 0 aromatic heterocycles. The maximum atomic E-state index is 13.7. The maximum absolute atomic E-state index is 13.7. The third-order valence-corrected chi connectivity index (χ3v) is 4.35. The molecule has 0 aliphatic carbocycles.